The van der Waals surface area contributed by atoms with E-state index >= 15 is 0 Å². The summed E-state index contributed by atoms with van der Waals surface area (Å²) in [6.07, 6.45) is 4.88. The SMILES string of the molecule is O=S(=O)(O)Cl.c1cncnc1. The second-order valence-electron chi connectivity index (χ2n) is 1.32. The monoisotopic (exact) mass is 196 g/mol. The molecule has 0 aliphatic carbocycles. The van der Waals surface area contributed by atoms with Crippen molar-refractivity contribution in [1.82, 2.24) is 9.97 Å². The Kier molecular flexibility index (Phi) is 4.67. The highest BCUT2D eigenvalue weighted by Crippen LogP contribution is 1.82. The van der Waals surface area contributed by atoms with Gasteiger partial charge in [-0.15, -0.1) is 0 Å². The Balaban J connectivity index is 0.000000187. The largest absolute Gasteiger partial charge is 0.353 e. The van der Waals surface area contributed by atoms with E-state index in [1.165, 1.54) is 6.33 Å². The summed E-state index contributed by atoms with van der Waals surface area (Å²) in [5.41, 5.74) is 0. The molecule has 0 amide bonds. The van der Waals surface area contributed by atoms with Crippen molar-refractivity contribution >= 4 is 20.0 Å². The third-order valence-electron chi connectivity index (χ3n) is 0.478. The van der Waals surface area contributed by atoms with E-state index < -0.39 is 9.33 Å². The van der Waals surface area contributed by atoms with Crippen LogP contribution in [0.4, 0.5) is 0 Å². The van der Waals surface area contributed by atoms with Crippen LogP contribution in [-0.4, -0.2) is 22.9 Å². The van der Waals surface area contributed by atoms with E-state index in [-0.39, 0.29) is 0 Å². The summed E-state index contributed by atoms with van der Waals surface area (Å²) in [5, 5.41) is 0. The molecule has 7 heteroatoms. The van der Waals surface area contributed by atoms with Crippen LogP contribution in [0.5, 0.6) is 0 Å². The molecule has 1 rings (SSSR count). The fourth-order valence-electron chi connectivity index (χ4n) is 0.253. The minimum absolute atomic E-state index is 1.50. The summed E-state index contributed by atoms with van der Waals surface area (Å²) < 4.78 is 25.2. The van der Waals surface area contributed by atoms with Crippen molar-refractivity contribution < 1.29 is 13.0 Å². The van der Waals surface area contributed by atoms with Crippen molar-refractivity contribution in [2.45, 2.75) is 0 Å². The number of rotatable bonds is 0. The molecule has 0 aliphatic heterocycles. The van der Waals surface area contributed by atoms with Crippen molar-refractivity contribution in [3.05, 3.63) is 24.8 Å². The molecule has 0 saturated carbocycles. The highest BCUT2D eigenvalue weighted by Gasteiger charge is 1.86. The van der Waals surface area contributed by atoms with Crippen molar-refractivity contribution in [2.24, 2.45) is 0 Å². The van der Waals surface area contributed by atoms with Gasteiger partial charge in [-0.1, -0.05) is 0 Å². The molecule has 0 atom stereocenters. The Bertz CT molecular complexity index is 240. The van der Waals surface area contributed by atoms with Gasteiger partial charge in [0.05, 0.1) is 0 Å². The van der Waals surface area contributed by atoms with Gasteiger partial charge in [-0.2, -0.15) is 8.42 Å². The lowest BCUT2D eigenvalue weighted by atomic mass is 10.7. The van der Waals surface area contributed by atoms with E-state index in [0.29, 0.717) is 0 Å². The molecule has 0 radical (unpaired) electrons. The predicted octanol–water partition coefficient (Wildman–Crippen LogP) is 0.505. The highest BCUT2D eigenvalue weighted by atomic mass is 35.7. The number of nitrogens with zero attached hydrogens (tertiary/aromatic N) is 2. The summed E-state index contributed by atoms with van der Waals surface area (Å²) in [5.74, 6) is 0. The quantitative estimate of drug-likeness (QED) is 0.483. The Hall–Kier alpha value is -0.720. The fourth-order valence-corrected chi connectivity index (χ4v) is 0.253. The van der Waals surface area contributed by atoms with Gasteiger partial charge in [0.1, 0.15) is 6.33 Å². The van der Waals surface area contributed by atoms with Crippen molar-refractivity contribution in [3.8, 4) is 0 Å². The van der Waals surface area contributed by atoms with E-state index in [0.717, 1.165) is 0 Å². The number of hydrogen-bond acceptors (Lipinski definition) is 4. The van der Waals surface area contributed by atoms with Gasteiger partial charge in [-0.25, -0.2) is 9.97 Å². The van der Waals surface area contributed by atoms with Crippen molar-refractivity contribution in [3.63, 3.8) is 0 Å². The molecule has 0 unspecified atom stereocenters. The molecule has 1 heterocycles. The molecule has 0 fully saturated rings. The molecule has 11 heavy (non-hydrogen) atoms. The smallest absolute Gasteiger partial charge is 0.273 e. The third-order valence-corrected chi connectivity index (χ3v) is 0.478. The lowest BCUT2D eigenvalue weighted by Gasteiger charge is -1.70. The van der Waals surface area contributed by atoms with Crippen LogP contribution in [-0.2, 0) is 9.33 Å². The second-order valence-corrected chi connectivity index (χ2v) is 3.31. The number of aromatic nitrogens is 2. The molecule has 0 aliphatic rings. The molecule has 62 valence electrons. The van der Waals surface area contributed by atoms with Crippen LogP contribution >= 0.6 is 10.7 Å². The van der Waals surface area contributed by atoms with Crippen LogP contribution in [0.1, 0.15) is 0 Å². The van der Waals surface area contributed by atoms with Gasteiger partial charge in [0, 0.05) is 23.1 Å². The lowest BCUT2D eigenvalue weighted by Crippen LogP contribution is -1.77. The molecular formula is C4H5ClN2O3S. The minimum Gasteiger partial charge on any atom is -0.273 e. The zero-order valence-corrected chi connectivity index (χ0v) is 6.83. The molecule has 5 nitrogen and oxygen atoms in total. The first-order valence-electron chi connectivity index (χ1n) is 2.37. The molecule has 1 aromatic rings. The van der Waals surface area contributed by atoms with Gasteiger partial charge in [-0.05, 0) is 6.07 Å². The van der Waals surface area contributed by atoms with E-state index in [1.54, 1.807) is 18.5 Å². The average Bonchev–Trinajstić information content (AvgIpc) is 1.88. The normalized spacial score (nSPS) is 9.64. The molecule has 0 spiro atoms. The van der Waals surface area contributed by atoms with Crippen molar-refractivity contribution in [2.75, 3.05) is 0 Å². The first-order valence-corrected chi connectivity index (χ1v) is 4.64. The third kappa shape index (κ3) is 17.6. The van der Waals surface area contributed by atoms with E-state index in [1.807, 2.05) is 0 Å². The summed E-state index contributed by atoms with van der Waals surface area (Å²) in [7, 11) is -0.137. The van der Waals surface area contributed by atoms with E-state index in [4.69, 9.17) is 13.0 Å². The molecule has 1 N–H and O–H groups in total. The molecule has 1 aromatic heterocycles. The van der Waals surface area contributed by atoms with Crippen LogP contribution < -0.4 is 0 Å². The number of halogens is 1. The Labute approximate surface area is 68.3 Å². The lowest BCUT2D eigenvalue weighted by molar-refractivity contribution is 0.501. The molecular weight excluding hydrogens is 192 g/mol. The van der Waals surface area contributed by atoms with E-state index in [9.17, 15) is 0 Å². The maximum absolute atomic E-state index is 8.95. The summed E-state index contributed by atoms with van der Waals surface area (Å²) in [4.78, 5) is 7.35. The van der Waals surface area contributed by atoms with Gasteiger partial charge >= 0.3 is 9.33 Å². The topological polar surface area (TPSA) is 80.2 Å². The van der Waals surface area contributed by atoms with Crippen LogP contribution in [0.15, 0.2) is 24.8 Å². The summed E-state index contributed by atoms with van der Waals surface area (Å²) in [6, 6.07) is 1.78. The van der Waals surface area contributed by atoms with Crippen molar-refractivity contribution in [1.29, 1.82) is 0 Å². The van der Waals surface area contributed by atoms with Gasteiger partial charge in [0.25, 0.3) is 0 Å². The summed E-state index contributed by atoms with van der Waals surface area (Å²) >= 11 is 0. The van der Waals surface area contributed by atoms with Gasteiger partial charge in [0.2, 0.25) is 0 Å². The maximum atomic E-state index is 8.95. The van der Waals surface area contributed by atoms with Gasteiger partial charge < -0.3 is 0 Å². The average molecular weight is 197 g/mol. The van der Waals surface area contributed by atoms with Crippen LogP contribution in [0, 0.1) is 0 Å². The number of hydrogen-bond donors (Lipinski definition) is 1. The second kappa shape index (κ2) is 5.00. The standard InChI is InChI=1S/C4H4N2.ClHO3S/c1-2-5-4-6-3-1;1-5(2,3)4/h1-4H;(H,2,3,4). The minimum atomic E-state index is -4.19. The van der Waals surface area contributed by atoms with Gasteiger partial charge in [0.15, 0.2) is 0 Å². The maximum Gasteiger partial charge on any atom is 0.353 e. The van der Waals surface area contributed by atoms with Crippen LogP contribution in [0.3, 0.4) is 0 Å². The highest BCUT2D eigenvalue weighted by molar-refractivity contribution is 8.09. The Morgan fingerprint density at radius 3 is 1.73 bits per heavy atom. The fraction of sp³-hybridized carbons (Fsp3) is 0. The first kappa shape index (κ1) is 10.3. The Morgan fingerprint density at radius 2 is 1.64 bits per heavy atom. The zero-order chi connectivity index (χ0) is 8.74. The molecule has 0 saturated heterocycles. The summed E-state index contributed by atoms with van der Waals surface area (Å²) in [6.45, 7) is 0. The van der Waals surface area contributed by atoms with Gasteiger partial charge in [-0.3, -0.25) is 4.55 Å². The Morgan fingerprint density at radius 1 is 1.27 bits per heavy atom. The molecule has 0 aromatic carbocycles. The predicted molar refractivity (Wildman–Crippen MR) is 39.4 cm³/mol. The van der Waals surface area contributed by atoms with E-state index in [2.05, 4.69) is 20.7 Å². The van der Waals surface area contributed by atoms with Crippen LogP contribution in [0.25, 0.3) is 0 Å². The first-order chi connectivity index (χ1) is 5.00. The molecule has 0 bridgehead atoms. The van der Waals surface area contributed by atoms with Crippen LogP contribution in [0.2, 0.25) is 0 Å². The zero-order valence-electron chi connectivity index (χ0n) is 5.25.